The smallest absolute Gasteiger partial charge is 0.329 e. The molecule has 1 atom stereocenters. The zero-order chi connectivity index (χ0) is 19.0. The van der Waals surface area contributed by atoms with Crippen LogP contribution in [0.2, 0.25) is 0 Å². The van der Waals surface area contributed by atoms with Gasteiger partial charge in [0.1, 0.15) is 6.04 Å². The van der Waals surface area contributed by atoms with E-state index < -0.39 is 17.9 Å². The van der Waals surface area contributed by atoms with Crippen LogP contribution in [0.1, 0.15) is 43.1 Å². The van der Waals surface area contributed by atoms with Crippen LogP contribution in [-0.2, 0) is 19.7 Å². The van der Waals surface area contributed by atoms with Gasteiger partial charge in [-0.1, -0.05) is 32.9 Å². The molecule has 6 heteroatoms. The van der Waals surface area contributed by atoms with Gasteiger partial charge in [-0.05, 0) is 23.1 Å². The van der Waals surface area contributed by atoms with E-state index in [4.69, 9.17) is 6.42 Å². The highest BCUT2D eigenvalue weighted by Crippen LogP contribution is 2.22. The Morgan fingerprint density at radius 3 is 2.28 bits per heavy atom. The predicted molar refractivity (Wildman–Crippen MR) is 94.9 cm³/mol. The molecule has 0 radical (unpaired) electrons. The molecule has 2 N–H and O–H groups in total. The zero-order valence-corrected chi connectivity index (χ0v) is 15.0. The molecule has 0 spiro atoms. The maximum atomic E-state index is 12.1. The second-order valence-corrected chi connectivity index (χ2v) is 6.56. The molecule has 2 amide bonds. The summed E-state index contributed by atoms with van der Waals surface area (Å²) in [5, 5.41) is 4.94. The van der Waals surface area contributed by atoms with Crippen LogP contribution in [-0.4, -0.2) is 37.5 Å². The number of hydrogen-bond acceptors (Lipinski definition) is 4. The van der Waals surface area contributed by atoms with Crippen molar-refractivity contribution in [2.24, 2.45) is 0 Å². The highest BCUT2D eigenvalue weighted by molar-refractivity contribution is 5.97. The molecule has 0 saturated carbocycles. The summed E-state index contributed by atoms with van der Waals surface area (Å²) in [6.07, 6.45) is 5.17. The number of ether oxygens (including phenoxy) is 1. The first kappa shape index (κ1) is 20.2. The lowest BCUT2D eigenvalue weighted by molar-refractivity contribution is -0.144. The first-order valence-electron chi connectivity index (χ1n) is 7.88. The first-order valence-corrected chi connectivity index (χ1v) is 7.88. The van der Waals surface area contributed by atoms with Gasteiger partial charge in [0, 0.05) is 12.0 Å². The fourth-order valence-electron chi connectivity index (χ4n) is 2.08. The molecule has 0 aliphatic carbocycles. The second-order valence-electron chi connectivity index (χ2n) is 6.56. The largest absolute Gasteiger partial charge is 0.467 e. The van der Waals surface area contributed by atoms with E-state index in [1.165, 1.54) is 7.11 Å². The van der Waals surface area contributed by atoms with Gasteiger partial charge in [0.05, 0.1) is 13.7 Å². The van der Waals surface area contributed by atoms with Crippen molar-refractivity contribution in [1.29, 1.82) is 0 Å². The summed E-state index contributed by atoms with van der Waals surface area (Å²) in [4.78, 5) is 35.5. The normalized spacial score (nSPS) is 11.8. The summed E-state index contributed by atoms with van der Waals surface area (Å²) in [5.74, 6) is 0.768. The summed E-state index contributed by atoms with van der Waals surface area (Å²) in [6, 6.07) is 6.27. The highest BCUT2D eigenvalue weighted by atomic mass is 16.5. The average molecular weight is 344 g/mol. The molecule has 0 bridgehead atoms. The van der Waals surface area contributed by atoms with Gasteiger partial charge in [-0.15, -0.1) is 12.3 Å². The molecule has 0 saturated heterocycles. The SMILES string of the molecule is C#CC[C@@H](NC(=O)CNC(=O)c1ccc(C(C)(C)C)cc1)C(=O)OC. The van der Waals surface area contributed by atoms with Crippen LogP contribution >= 0.6 is 0 Å². The first-order chi connectivity index (χ1) is 11.7. The van der Waals surface area contributed by atoms with Crippen molar-refractivity contribution in [2.45, 2.75) is 38.6 Å². The van der Waals surface area contributed by atoms with E-state index in [9.17, 15) is 14.4 Å². The van der Waals surface area contributed by atoms with E-state index in [1.807, 2.05) is 12.1 Å². The molecule has 0 unspecified atom stereocenters. The number of rotatable bonds is 6. The molecule has 1 aromatic rings. The van der Waals surface area contributed by atoms with Crippen LogP contribution < -0.4 is 10.6 Å². The number of hydrogen-bond donors (Lipinski definition) is 2. The van der Waals surface area contributed by atoms with E-state index in [-0.39, 0.29) is 24.3 Å². The van der Waals surface area contributed by atoms with Crippen LogP contribution in [0.3, 0.4) is 0 Å². The molecule has 25 heavy (non-hydrogen) atoms. The van der Waals surface area contributed by atoms with Crippen LogP contribution in [0.5, 0.6) is 0 Å². The Balaban J connectivity index is 2.59. The molecule has 0 aliphatic rings. The molecule has 6 nitrogen and oxygen atoms in total. The van der Waals surface area contributed by atoms with E-state index in [2.05, 4.69) is 42.1 Å². The summed E-state index contributed by atoms with van der Waals surface area (Å²) >= 11 is 0. The third-order valence-electron chi connectivity index (χ3n) is 3.57. The standard InChI is InChI=1S/C19H24N2O4/c1-6-7-15(18(24)25-5)21-16(22)12-20-17(23)13-8-10-14(11-9-13)19(2,3)4/h1,8-11,15H,7,12H2,2-5H3,(H,20,23)(H,21,22)/t15-/m1/s1. The Kier molecular flexibility index (Phi) is 7.19. The van der Waals surface area contributed by atoms with Gasteiger partial charge >= 0.3 is 5.97 Å². The quantitative estimate of drug-likeness (QED) is 0.603. The number of carbonyl (C=O) groups is 3. The average Bonchev–Trinajstić information content (AvgIpc) is 2.58. The molecule has 1 rings (SSSR count). The number of amides is 2. The summed E-state index contributed by atoms with van der Waals surface area (Å²) in [7, 11) is 1.21. The van der Waals surface area contributed by atoms with Crippen molar-refractivity contribution < 1.29 is 19.1 Å². The van der Waals surface area contributed by atoms with Crippen LogP contribution in [0.25, 0.3) is 0 Å². The van der Waals surface area contributed by atoms with Gasteiger partial charge in [0.25, 0.3) is 5.91 Å². The predicted octanol–water partition coefficient (Wildman–Crippen LogP) is 1.39. The molecular weight excluding hydrogens is 320 g/mol. The van der Waals surface area contributed by atoms with Gasteiger partial charge in [-0.2, -0.15) is 0 Å². The Morgan fingerprint density at radius 1 is 1.20 bits per heavy atom. The summed E-state index contributed by atoms with van der Waals surface area (Å²) in [5.41, 5.74) is 1.56. The molecule has 134 valence electrons. The maximum absolute atomic E-state index is 12.1. The Bertz CT molecular complexity index is 666. The lowest BCUT2D eigenvalue weighted by Crippen LogP contribution is -2.45. The number of methoxy groups -OCH3 is 1. The molecule has 0 fully saturated rings. The monoisotopic (exact) mass is 344 g/mol. The second kappa shape index (κ2) is 8.88. The van der Waals surface area contributed by atoms with Crippen molar-refractivity contribution in [3.8, 4) is 12.3 Å². The van der Waals surface area contributed by atoms with Gasteiger partial charge in [-0.25, -0.2) is 4.79 Å². The minimum Gasteiger partial charge on any atom is -0.467 e. The molecule has 1 aromatic carbocycles. The third kappa shape index (κ3) is 6.30. The molecule has 0 aromatic heterocycles. The lowest BCUT2D eigenvalue weighted by atomic mass is 9.87. The number of carbonyl (C=O) groups excluding carboxylic acids is 3. The highest BCUT2D eigenvalue weighted by Gasteiger charge is 2.20. The van der Waals surface area contributed by atoms with Gasteiger partial charge in [0.15, 0.2) is 0 Å². The number of terminal acetylenes is 1. The number of nitrogens with one attached hydrogen (secondary N) is 2. The van der Waals surface area contributed by atoms with E-state index in [0.29, 0.717) is 5.56 Å². The Hall–Kier alpha value is -2.81. The number of esters is 1. The van der Waals surface area contributed by atoms with E-state index in [0.717, 1.165) is 5.56 Å². The van der Waals surface area contributed by atoms with Crippen molar-refractivity contribution >= 4 is 17.8 Å². The zero-order valence-electron chi connectivity index (χ0n) is 15.0. The van der Waals surface area contributed by atoms with Crippen LogP contribution in [0, 0.1) is 12.3 Å². The van der Waals surface area contributed by atoms with Gasteiger partial charge in [-0.3, -0.25) is 9.59 Å². The van der Waals surface area contributed by atoms with E-state index in [1.54, 1.807) is 12.1 Å². The van der Waals surface area contributed by atoms with E-state index >= 15 is 0 Å². The van der Waals surface area contributed by atoms with Crippen LogP contribution in [0.15, 0.2) is 24.3 Å². The van der Waals surface area contributed by atoms with Crippen molar-refractivity contribution in [3.63, 3.8) is 0 Å². The van der Waals surface area contributed by atoms with Crippen LogP contribution in [0.4, 0.5) is 0 Å². The fraction of sp³-hybridized carbons (Fsp3) is 0.421. The molecule has 0 heterocycles. The maximum Gasteiger partial charge on any atom is 0.329 e. The minimum atomic E-state index is -0.925. The molecular formula is C19H24N2O4. The van der Waals surface area contributed by atoms with Crippen molar-refractivity contribution in [2.75, 3.05) is 13.7 Å². The van der Waals surface area contributed by atoms with Crippen molar-refractivity contribution in [3.05, 3.63) is 35.4 Å². The van der Waals surface area contributed by atoms with Gasteiger partial charge < -0.3 is 15.4 Å². The third-order valence-corrected chi connectivity index (χ3v) is 3.57. The summed E-state index contributed by atoms with van der Waals surface area (Å²) < 4.78 is 4.56. The number of benzene rings is 1. The Morgan fingerprint density at radius 2 is 1.80 bits per heavy atom. The molecule has 0 aliphatic heterocycles. The minimum absolute atomic E-state index is 0.00514. The Labute approximate surface area is 148 Å². The van der Waals surface area contributed by atoms with Gasteiger partial charge in [0.2, 0.25) is 5.91 Å². The summed E-state index contributed by atoms with van der Waals surface area (Å²) in [6.45, 7) is 5.99. The van der Waals surface area contributed by atoms with Crippen molar-refractivity contribution in [1.82, 2.24) is 10.6 Å². The topological polar surface area (TPSA) is 84.5 Å². The fourth-order valence-corrected chi connectivity index (χ4v) is 2.08. The lowest BCUT2D eigenvalue weighted by Gasteiger charge is -2.19.